The molecule has 2 heterocycles. The predicted molar refractivity (Wildman–Crippen MR) is 122 cm³/mol. The molecule has 0 radical (unpaired) electrons. The number of rotatable bonds is 10. The first-order valence-corrected chi connectivity index (χ1v) is 10.6. The van der Waals surface area contributed by atoms with Crippen molar-refractivity contribution in [1.29, 1.82) is 0 Å². The molecule has 0 aliphatic rings. The molecule has 2 atom stereocenters. The summed E-state index contributed by atoms with van der Waals surface area (Å²) in [7, 11) is 3.33. The molecule has 0 aliphatic carbocycles. The summed E-state index contributed by atoms with van der Waals surface area (Å²) in [5.74, 6) is -1.49. The van der Waals surface area contributed by atoms with Crippen molar-refractivity contribution in [3.05, 3.63) is 48.2 Å². The zero-order valence-electron chi connectivity index (χ0n) is 19.1. The summed E-state index contributed by atoms with van der Waals surface area (Å²) in [5, 5.41) is 15.6. The average Bonchev–Trinajstić information content (AvgIpc) is 3.38. The molecule has 3 aromatic rings. The quantitative estimate of drug-likeness (QED) is 0.368. The van der Waals surface area contributed by atoms with Crippen LogP contribution < -0.4 is 15.4 Å². The van der Waals surface area contributed by atoms with Crippen LogP contribution in [-0.4, -0.2) is 56.6 Å². The Labute approximate surface area is 191 Å². The minimum Gasteiger partial charge on any atom is -0.496 e. The van der Waals surface area contributed by atoms with E-state index in [1.165, 1.54) is 0 Å². The van der Waals surface area contributed by atoms with E-state index in [2.05, 4.69) is 20.6 Å². The molecule has 4 N–H and O–H groups in total. The molecule has 1 aromatic carbocycles. The van der Waals surface area contributed by atoms with Gasteiger partial charge in [-0.1, -0.05) is 19.9 Å². The number of aryl methyl sites for hydroxylation is 1. The van der Waals surface area contributed by atoms with E-state index in [0.29, 0.717) is 17.9 Å². The van der Waals surface area contributed by atoms with Crippen LogP contribution >= 0.6 is 0 Å². The third-order valence-corrected chi connectivity index (χ3v) is 5.20. The Morgan fingerprint density at radius 1 is 1.21 bits per heavy atom. The first-order chi connectivity index (χ1) is 15.7. The number of benzene rings is 1. The monoisotopic (exact) mass is 455 g/mol. The van der Waals surface area contributed by atoms with Crippen molar-refractivity contribution in [2.45, 2.75) is 38.8 Å². The molecule has 2 amide bonds. The Hall–Kier alpha value is -3.82. The molecule has 0 saturated carbocycles. The van der Waals surface area contributed by atoms with Gasteiger partial charge in [0.25, 0.3) is 5.91 Å². The lowest BCUT2D eigenvalue weighted by Crippen LogP contribution is -2.52. The predicted octanol–water partition coefficient (Wildman–Crippen LogP) is 1.87. The van der Waals surface area contributed by atoms with Crippen LogP contribution in [0.5, 0.6) is 5.75 Å². The molecule has 0 bridgehead atoms. The van der Waals surface area contributed by atoms with Gasteiger partial charge in [0.1, 0.15) is 23.5 Å². The third-order valence-electron chi connectivity index (χ3n) is 5.20. The molecular formula is C23H29N5O5. The molecule has 2 unspecified atom stereocenters. The van der Waals surface area contributed by atoms with Crippen molar-refractivity contribution in [1.82, 2.24) is 25.2 Å². The van der Waals surface area contributed by atoms with Crippen LogP contribution in [-0.2, 0) is 23.1 Å². The van der Waals surface area contributed by atoms with E-state index in [1.807, 2.05) is 26.0 Å². The number of hydrogen-bond donors (Lipinski definition) is 4. The fourth-order valence-electron chi connectivity index (χ4n) is 3.62. The van der Waals surface area contributed by atoms with E-state index < -0.39 is 29.9 Å². The standard InChI is InChI=1S/C23H29N5O5/c1-13(2)8-17(21(29)27-19(23(31)32)9-14-11-28(3)12-24-14)26-22(30)18-10-15-16(25-18)6-5-7-20(15)33-4/h5-7,10-13,17,19,25H,8-9H2,1-4H3,(H,26,30)(H,27,29)(H,31,32). The van der Waals surface area contributed by atoms with Gasteiger partial charge in [-0.05, 0) is 30.5 Å². The van der Waals surface area contributed by atoms with Gasteiger partial charge in [0, 0.05) is 30.6 Å². The number of aromatic amines is 1. The number of imidazole rings is 1. The molecule has 3 rings (SSSR count). The SMILES string of the molecule is COc1cccc2[nH]c(C(=O)NC(CC(C)C)C(=O)NC(Cc3cn(C)cn3)C(=O)O)cc12. The number of carbonyl (C=O) groups excluding carboxylic acids is 2. The van der Waals surface area contributed by atoms with E-state index in [-0.39, 0.29) is 18.0 Å². The molecule has 10 heteroatoms. The first kappa shape index (κ1) is 23.8. The van der Waals surface area contributed by atoms with Crippen molar-refractivity contribution < 1.29 is 24.2 Å². The number of ether oxygens (including phenoxy) is 1. The highest BCUT2D eigenvalue weighted by atomic mass is 16.5. The fraction of sp³-hybridized carbons (Fsp3) is 0.391. The van der Waals surface area contributed by atoms with Gasteiger partial charge < -0.3 is 30.0 Å². The minimum atomic E-state index is -1.17. The number of carboxylic acid groups (broad SMARTS) is 1. The topological polar surface area (TPSA) is 138 Å². The van der Waals surface area contributed by atoms with Gasteiger partial charge in [0.2, 0.25) is 5.91 Å². The second kappa shape index (κ2) is 10.2. The van der Waals surface area contributed by atoms with Crippen molar-refractivity contribution in [2.75, 3.05) is 7.11 Å². The molecule has 10 nitrogen and oxygen atoms in total. The van der Waals surface area contributed by atoms with Gasteiger partial charge in [-0.15, -0.1) is 0 Å². The Morgan fingerprint density at radius 3 is 2.58 bits per heavy atom. The number of methoxy groups -OCH3 is 1. The Kier molecular flexibility index (Phi) is 7.37. The summed E-state index contributed by atoms with van der Waals surface area (Å²) in [5.41, 5.74) is 1.55. The van der Waals surface area contributed by atoms with Crippen LogP contribution in [0.15, 0.2) is 36.8 Å². The van der Waals surface area contributed by atoms with Crippen molar-refractivity contribution >= 4 is 28.7 Å². The van der Waals surface area contributed by atoms with Gasteiger partial charge in [0.15, 0.2) is 0 Å². The highest BCUT2D eigenvalue weighted by Crippen LogP contribution is 2.26. The van der Waals surface area contributed by atoms with E-state index >= 15 is 0 Å². The number of aliphatic carboxylic acids is 1. The van der Waals surface area contributed by atoms with Gasteiger partial charge in [-0.3, -0.25) is 9.59 Å². The second-order valence-electron chi connectivity index (χ2n) is 8.39. The summed E-state index contributed by atoms with van der Waals surface area (Å²) in [6.07, 6.45) is 3.63. The summed E-state index contributed by atoms with van der Waals surface area (Å²) in [6.45, 7) is 3.84. The number of amides is 2. The highest BCUT2D eigenvalue weighted by Gasteiger charge is 2.28. The smallest absolute Gasteiger partial charge is 0.326 e. The number of nitrogens with zero attached hydrogens (tertiary/aromatic N) is 2. The van der Waals surface area contributed by atoms with Crippen LogP contribution in [0.4, 0.5) is 0 Å². The van der Waals surface area contributed by atoms with E-state index in [9.17, 15) is 19.5 Å². The third kappa shape index (κ3) is 5.91. The number of H-pyrrole nitrogens is 1. The fourth-order valence-corrected chi connectivity index (χ4v) is 3.62. The largest absolute Gasteiger partial charge is 0.496 e. The van der Waals surface area contributed by atoms with E-state index in [0.717, 1.165) is 10.9 Å². The Morgan fingerprint density at radius 2 is 1.97 bits per heavy atom. The van der Waals surface area contributed by atoms with Gasteiger partial charge >= 0.3 is 5.97 Å². The van der Waals surface area contributed by atoms with Crippen LogP contribution in [0.2, 0.25) is 0 Å². The molecule has 2 aromatic heterocycles. The number of aromatic nitrogens is 3. The van der Waals surface area contributed by atoms with E-state index in [1.54, 1.807) is 43.4 Å². The average molecular weight is 456 g/mol. The van der Waals surface area contributed by atoms with Crippen LogP contribution in [0.1, 0.15) is 36.5 Å². The second-order valence-corrected chi connectivity index (χ2v) is 8.39. The van der Waals surface area contributed by atoms with Gasteiger partial charge in [-0.25, -0.2) is 9.78 Å². The van der Waals surface area contributed by atoms with E-state index in [4.69, 9.17) is 4.74 Å². The lowest BCUT2D eigenvalue weighted by molar-refractivity contribution is -0.142. The number of carbonyl (C=O) groups is 3. The summed E-state index contributed by atoms with van der Waals surface area (Å²) in [4.78, 5) is 44.8. The molecule has 0 fully saturated rings. The number of carboxylic acids is 1. The first-order valence-electron chi connectivity index (χ1n) is 10.6. The van der Waals surface area contributed by atoms with Crippen molar-refractivity contribution in [3.8, 4) is 5.75 Å². The maximum atomic E-state index is 13.0. The summed E-state index contributed by atoms with van der Waals surface area (Å²) < 4.78 is 7.03. The lowest BCUT2D eigenvalue weighted by Gasteiger charge is -2.22. The number of fused-ring (bicyclic) bond motifs is 1. The molecular weight excluding hydrogens is 426 g/mol. The normalized spacial score (nSPS) is 13.0. The van der Waals surface area contributed by atoms with Gasteiger partial charge in [0.05, 0.1) is 19.1 Å². The van der Waals surface area contributed by atoms with Crippen LogP contribution in [0, 0.1) is 5.92 Å². The minimum absolute atomic E-state index is 0.0338. The molecule has 0 spiro atoms. The highest BCUT2D eigenvalue weighted by molar-refractivity contribution is 6.01. The summed E-state index contributed by atoms with van der Waals surface area (Å²) >= 11 is 0. The van der Waals surface area contributed by atoms with Crippen molar-refractivity contribution in [2.24, 2.45) is 13.0 Å². The number of hydrogen-bond acceptors (Lipinski definition) is 5. The van der Waals surface area contributed by atoms with Gasteiger partial charge in [-0.2, -0.15) is 0 Å². The Bertz CT molecular complexity index is 1150. The van der Waals surface area contributed by atoms with Crippen molar-refractivity contribution in [3.63, 3.8) is 0 Å². The lowest BCUT2D eigenvalue weighted by atomic mass is 10.0. The molecule has 33 heavy (non-hydrogen) atoms. The Balaban J connectivity index is 1.75. The number of nitrogens with one attached hydrogen (secondary N) is 3. The molecule has 176 valence electrons. The molecule has 0 aliphatic heterocycles. The maximum absolute atomic E-state index is 13.0. The zero-order chi connectivity index (χ0) is 24.1. The maximum Gasteiger partial charge on any atom is 0.326 e. The van der Waals surface area contributed by atoms with Crippen LogP contribution in [0.3, 0.4) is 0 Å². The van der Waals surface area contributed by atoms with Crippen LogP contribution in [0.25, 0.3) is 10.9 Å². The zero-order valence-corrected chi connectivity index (χ0v) is 19.1. The summed E-state index contributed by atoms with van der Waals surface area (Å²) in [6, 6.07) is 5.01. The molecule has 0 saturated heterocycles.